The fourth-order valence-corrected chi connectivity index (χ4v) is 2.89. The Hall–Kier alpha value is -1.91. The first kappa shape index (κ1) is 13.1. The molecule has 5 nitrogen and oxygen atoms in total. The van der Waals surface area contributed by atoms with Crippen LogP contribution >= 0.6 is 0 Å². The Labute approximate surface area is 118 Å². The molecule has 1 atom stereocenters. The summed E-state index contributed by atoms with van der Waals surface area (Å²) < 4.78 is 10.5. The number of hydrogen-bond acceptors (Lipinski definition) is 3. The van der Waals surface area contributed by atoms with Gasteiger partial charge in [-0.1, -0.05) is 13.8 Å². The summed E-state index contributed by atoms with van der Waals surface area (Å²) in [6.45, 7) is 4.72. The Morgan fingerprint density at radius 3 is 2.85 bits per heavy atom. The molecular formula is C15H20N2O3. The predicted octanol–water partition coefficient (Wildman–Crippen LogP) is 3.12. The quantitative estimate of drug-likeness (QED) is 0.872. The van der Waals surface area contributed by atoms with E-state index >= 15 is 0 Å². The molecule has 0 aromatic heterocycles. The molecule has 20 heavy (non-hydrogen) atoms. The molecular weight excluding hydrogens is 256 g/mol. The molecule has 1 saturated carbocycles. The number of anilines is 1. The van der Waals surface area contributed by atoms with Gasteiger partial charge >= 0.3 is 6.03 Å². The lowest BCUT2D eigenvalue weighted by Gasteiger charge is -2.18. The van der Waals surface area contributed by atoms with Gasteiger partial charge < -0.3 is 20.1 Å². The molecule has 1 fully saturated rings. The highest BCUT2D eigenvalue weighted by molar-refractivity contribution is 5.89. The number of nitrogens with one attached hydrogen (secondary N) is 2. The van der Waals surface area contributed by atoms with Crippen molar-refractivity contribution < 1.29 is 14.3 Å². The molecule has 108 valence electrons. The number of carbonyl (C=O) groups excluding carboxylic acids is 1. The second-order valence-electron chi connectivity index (χ2n) is 6.27. The molecule has 5 heteroatoms. The second kappa shape index (κ2) is 4.89. The van der Waals surface area contributed by atoms with Crippen molar-refractivity contribution in [3.8, 4) is 11.5 Å². The Morgan fingerprint density at radius 2 is 2.10 bits per heavy atom. The largest absolute Gasteiger partial charge is 0.454 e. The lowest BCUT2D eigenvalue weighted by Crippen LogP contribution is -2.36. The summed E-state index contributed by atoms with van der Waals surface area (Å²) >= 11 is 0. The van der Waals surface area contributed by atoms with E-state index in [9.17, 15) is 4.79 Å². The molecule has 0 bridgehead atoms. The SMILES string of the molecule is CC1(C)CCC(NC(=O)Nc2ccc3c(c2)OCO3)C1. The Kier molecular flexibility index (Phi) is 3.20. The summed E-state index contributed by atoms with van der Waals surface area (Å²) in [5.41, 5.74) is 1.04. The van der Waals surface area contributed by atoms with Crippen molar-refractivity contribution in [3.05, 3.63) is 18.2 Å². The van der Waals surface area contributed by atoms with Crippen LogP contribution in [0.2, 0.25) is 0 Å². The van der Waals surface area contributed by atoms with Crippen LogP contribution in [0.15, 0.2) is 18.2 Å². The molecule has 0 spiro atoms. The van der Waals surface area contributed by atoms with Crippen LogP contribution in [0.25, 0.3) is 0 Å². The number of rotatable bonds is 2. The average molecular weight is 276 g/mol. The standard InChI is InChI=1S/C15H20N2O3/c1-15(2)6-5-11(8-15)17-14(18)16-10-3-4-12-13(7-10)20-9-19-12/h3-4,7,11H,5-6,8-9H2,1-2H3,(H2,16,17,18). The van der Waals surface area contributed by atoms with Gasteiger partial charge in [-0.2, -0.15) is 0 Å². The zero-order valence-corrected chi connectivity index (χ0v) is 11.9. The maximum atomic E-state index is 12.0. The molecule has 1 aromatic rings. The molecule has 2 amide bonds. The van der Waals surface area contributed by atoms with E-state index in [-0.39, 0.29) is 18.9 Å². The van der Waals surface area contributed by atoms with Crippen LogP contribution in [0.5, 0.6) is 11.5 Å². The number of hydrogen-bond donors (Lipinski definition) is 2. The minimum absolute atomic E-state index is 0.161. The lowest BCUT2D eigenvalue weighted by atomic mass is 9.92. The molecule has 1 aliphatic carbocycles. The van der Waals surface area contributed by atoms with Crippen LogP contribution < -0.4 is 20.1 Å². The molecule has 2 N–H and O–H groups in total. The maximum Gasteiger partial charge on any atom is 0.319 e. The first-order valence-electron chi connectivity index (χ1n) is 6.99. The number of amides is 2. The number of carbonyl (C=O) groups is 1. The highest BCUT2D eigenvalue weighted by atomic mass is 16.7. The molecule has 3 rings (SSSR count). The van der Waals surface area contributed by atoms with Crippen molar-refractivity contribution in [3.63, 3.8) is 0 Å². The van der Waals surface area contributed by atoms with E-state index in [1.807, 2.05) is 6.07 Å². The Bertz CT molecular complexity index is 528. The van der Waals surface area contributed by atoms with E-state index in [0.717, 1.165) is 19.3 Å². The van der Waals surface area contributed by atoms with Crippen LogP contribution in [0.1, 0.15) is 33.1 Å². The number of benzene rings is 1. The number of fused-ring (bicyclic) bond motifs is 1. The van der Waals surface area contributed by atoms with Gasteiger partial charge in [0.05, 0.1) is 0 Å². The first-order valence-corrected chi connectivity index (χ1v) is 6.99. The second-order valence-corrected chi connectivity index (χ2v) is 6.27. The summed E-state index contributed by atoms with van der Waals surface area (Å²) in [6, 6.07) is 5.49. The molecule has 1 aliphatic heterocycles. The zero-order chi connectivity index (χ0) is 14.2. The van der Waals surface area contributed by atoms with Crippen LogP contribution in [-0.4, -0.2) is 18.9 Å². The minimum atomic E-state index is -0.161. The molecule has 0 saturated heterocycles. The van der Waals surface area contributed by atoms with Crippen molar-refractivity contribution in [2.75, 3.05) is 12.1 Å². The van der Waals surface area contributed by atoms with Gasteiger partial charge in [0.1, 0.15) is 0 Å². The average Bonchev–Trinajstić information content (AvgIpc) is 2.95. The van der Waals surface area contributed by atoms with Crippen LogP contribution in [-0.2, 0) is 0 Å². The van der Waals surface area contributed by atoms with Gasteiger partial charge in [-0.15, -0.1) is 0 Å². The van der Waals surface area contributed by atoms with Crippen LogP contribution in [0, 0.1) is 5.41 Å². The molecule has 2 aliphatic rings. The zero-order valence-electron chi connectivity index (χ0n) is 11.9. The van der Waals surface area contributed by atoms with Crippen molar-refractivity contribution in [1.29, 1.82) is 0 Å². The Balaban J connectivity index is 1.57. The monoisotopic (exact) mass is 276 g/mol. The van der Waals surface area contributed by atoms with Crippen LogP contribution in [0.4, 0.5) is 10.5 Å². The van der Waals surface area contributed by atoms with Gasteiger partial charge in [-0.05, 0) is 36.8 Å². The molecule has 1 aromatic carbocycles. The van der Waals surface area contributed by atoms with Crippen molar-refractivity contribution in [2.45, 2.75) is 39.2 Å². The number of ether oxygens (including phenoxy) is 2. The van der Waals surface area contributed by atoms with E-state index in [0.29, 0.717) is 22.6 Å². The van der Waals surface area contributed by atoms with Gasteiger partial charge in [0.15, 0.2) is 11.5 Å². The van der Waals surface area contributed by atoms with Gasteiger partial charge in [-0.3, -0.25) is 0 Å². The third-order valence-corrected chi connectivity index (χ3v) is 3.93. The van der Waals surface area contributed by atoms with Gasteiger partial charge in [0.2, 0.25) is 6.79 Å². The topological polar surface area (TPSA) is 59.6 Å². The minimum Gasteiger partial charge on any atom is -0.454 e. The normalized spacial score (nSPS) is 22.6. The van der Waals surface area contributed by atoms with Gasteiger partial charge in [-0.25, -0.2) is 4.79 Å². The third kappa shape index (κ3) is 2.81. The fourth-order valence-electron chi connectivity index (χ4n) is 2.89. The van der Waals surface area contributed by atoms with Gasteiger partial charge in [0.25, 0.3) is 0 Å². The Morgan fingerprint density at radius 1 is 1.30 bits per heavy atom. The van der Waals surface area contributed by atoms with E-state index in [2.05, 4.69) is 24.5 Å². The summed E-state index contributed by atoms with van der Waals surface area (Å²) in [7, 11) is 0. The smallest absolute Gasteiger partial charge is 0.319 e. The van der Waals surface area contributed by atoms with Crippen molar-refractivity contribution in [2.24, 2.45) is 5.41 Å². The van der Waals surface area contributed by atoms with Crippen molar-refractivity contribution in [1.82, 2.24) is 5.32 Å². The van der Waals surface area contributed by atoms with E-state index in [4.69, 9.17) is 9.47 Å². The summed E-state index contributed by atoms with van der Waals surface area (Å²) in [5, 5.41) is 5.87. The van der Waals surface area contributed by atoms with E-state index in [1.54, 1.807) is 12.1 Å². The van der Waals surface area contributed by atoms with Crippen LogP contribution in [0.3, 0.4) is 0 Å². The molecule has 1 unspecified atom stereocenters. The highest BCUT2D eigenvalue weighted by Crippen LogP contribution is 2.37. The fraction of sp³-hybridized carbons (Fsp3) is 0.533. The van der Waals surface area contributed by atoms with E-state index < -0.39 is 0 Å². The van der Waals surface area contributed by atoms with Gasteiger partial charge in [0, 0.05) is 17.8 Å². The summed E-state index contributed by atoms with van der Waals surface area (Å²) in [5.74, 6) is 1.39. The molecule has 0 radical (unpaired) electrons. The van der Waals surface area contributed by atoms with Crippen molar-refractivity contribution >= 4 is 11.7 Å². The first-order chi connectivity index (χ1) is 9.52. The molecule has 1 heterocycles. The summed E-state index contributed by atoms with van der Waals surface area (Å²) in [6.07, 6.45) is 3.23. The van der Waals surface area contributed by atoms with E-state index in [1.165, 1.54) is 0 Å². The maximum absolute atomic E-state index is 12.0. The third-order valence-electron chi connectivity index (χ3n) is 3.93. The highest BCUT2D eigenvalue weighted by Gasteiger charge is 2.31. The lowest BCUT2D eigenvalue weighted by molar-refractivity contribution is 0.174. The predicted molar refractivity (Wildman–Crippen MR) is 76.1 cm³/mol. The number of urea groups is 1. The summed E-state index contributed by atoms with van der Waals surface area (Å²) in [4.78, 5) is 12.0.